The van der Waals surface area contributed by atoms with Gasteiger partial charge in [0.25, 0.3) is 5.91 Å². The van der Waals surface area contributed by atoms with E-state index in [-0.39, 0.29) is 27.3 Å². The van der Waals surface area contributed by atoms with Gasteiger partial charge < -0.3 is 4.42 Å². The zero-order valence-corrected chi connectivity index (χ0v) is 21.8. The number of piperidine rings is 1. The van der Waals surface area contributed by atoms with Gasteiger partial charge >= 0.3 is 6.01 Å². The van der Waals surface area contributed by atoms with E-state index < -0.39 is 31.0 Å². The summed E-state index contributed by atoms with van der Waals surface area (Å²) in [5, 5.41) is 9.60. The van der Waals surface area contributed by atoms with Gasteiger partial charge in [0.2, 0.25) is 15.9 Å². The summed E-state index contributed by atoms with van der Waals surface area (Å²) in [6.45, 7) is 6.19. The van der Waals surface area contributed by atoms with Crippen LogP contribution < -0.4 is 5.32 Å². The third kappa shape index (κ3) is 5.35. The summed E-state index contributed by atoms with van der Waals surface area (Å²) in [6, 6.07) is 11.6. The maximum absolute atomic E-state index is 12.9. The van der Waals surface area contributed by atoms with Crippen molar-refractivity contribution < 1.29 is 26.0 Å². The van der Waals surface area contributed by atoms with Gasteiger partial charge in [-0.2, -0.15) is 4.31 Å². The second-order valence-corrected chi connectivity index (χ2v) is 13.6. The number of anilines is 1. The topological polar surface area (TPSA) is 140 Å². The molecule has 4 rings (SSSR count). The molecule has 1 unspecified atom stereocenters. The molecule has 1 N–H and O–H groups in total. The number of amides is 1. The lowest BCUT2D eigenvalue weighted by Gasteiger charge is -2.30. The van der Waals surface area contributed by atoms with Gasteiger partial charge in [-0.05, 0) is 75.1 Å². The molecule has 0 radical (unpaired) electrons. The van der Waals surface area contributed by atoms with Gasteiger partial charge in [0, 0.05) is 24.2 Å². The molecule has 12 heteroatoms. The Labute approximate surface area is 210 Å². The molecule has 2 heterocycles. The molecule has 36 heavy (non-hydrogen) atoms. The molecule has 3 aromatic rings. The largest absolute Gasteiger partial charge is 0.403 e. The average Bonchev–Trinajstić information content (AvgIpc) is 3.32. The van der Waals surface area contributed by atoms with Crippen LogP contribution in [0.4, 0.5) is 6.01 Å². The standard InChI is InChI=1S/C24H28N4O6S2/c1-16(2)35(30,31)21-8-4-7-19(14-21)23-26-27-24(34-23)25-22(29)18-9-11-20(12-10-18)36(32,33)28-13-5-6-17(3)15-28/h4,7-12,14,16-17H,5-6,13,15H2,1-3H3,(H,25,27,29). The quantitative estimate of drug-likeness (QED) is 0.487. The number of hydrogen-bond acceptors (Lipinski definition) is 8. The Kier molecular flexibility index (Phi) is 7.30. The molecule has 0 bridgehead atoms. The van der Waals surface area contributed by atoms with E-state index in [4.69, 9.17) is 4.42 Å². The van der Waals surface area contributed by atoms with Crippen molar-refractivity contribution in [2.24, 2.45) is 5.92 Å². The highest BCUT2D eigenvalue weighted by molar-refractivity contribution is 7.92. The Morgan fingerprint density at radius 2 is 1.78 bits per heavy atom. The van der Waals surface area contributed by atoms with Gasteiger partial charge in [-0.25, -0.2) is 16.8 Å². The van der Waals surface area contributed by atoms with Crippen LogP contribution in [0.3, 0.4) is 0 Å². The Morgan fingerprint density at radius 1 is 1.06 bits per heavy atom. The van der Waals surface area contributed by atoms with E-state index in [1.165, 1.54) is 40.7 Å². The van der Waals surface area contributed by atoms with Gasteiger partial charge in [-0.3, -0.25) is 10.1 Å². The summed E-state index contributed by atoms with van der Waals surface area (Å²) < 4.78 is 57.7. The molecule has 0 aliphatic carbocycles. The normalized spacial score (nSPS) is 17.3. The zero-order valence-electron chi connectivity index (χ0n) is 20.2. The third-order valence-electron chi connectivity index (χ3n) is 6.05. The highest BCUT2D eigenvalue weighted by Crippen LogP contribution is 2.26. The molecule has 0 saturated carbocycles. The first-order valence-electron chi connectivity index (χ1n) is 11.6. The van der Waals surface area contributed by atoms with Crippen molar-refractivity contribution in [3.05, 3.63) is 54.1 Å². The minimum absolute atomic E-state index is 0.0447. The zero-order chi connectivity index (χ0) is 26.1. The molecule has 1 amide bonds. The van der Waals surface area contributed by atoms with Gasteiger partial charge in [-0.1, -0.05) is 18.1 Å². The molecule has 10 nitrogen and oxygen atoms in total. The van der Waals surface area contributed by atoms with Crippen LogP contribution in [0.25, 0.3) is 11.5 Å². The third-order valence-corrected chi connectivity index (χ3v) is 10.1. The van der Waals surface area contributed by atoms with E-state index in [0.717, 1.165) is 12.8 Å². The van der Waals surface area contributed by atoms with Crippen LogP contribution in [0.2, 0.25) is 0 Å². The molecule has 1 aliphatic heterocycles. The number of sulfonamides is 1. The lowest BCUT2D eigenvalue weighted by atomic mass is 10.0. The minimum atomic E-state index is -3.63. The van der Waals surface area contributed by atoms with E-state index in [9.17, 15) is 21.6 Å². The van der Waals surface area contributed by atoms with Gasteiger partial charge in [-0.15, -0.1) is 5.10 Å². The number of nitrogens with one attached hydrogen (secondary N) is 1. The maximum Gasteiger partial charge on any atom is 0.322 e. The Hall–Kier alpha value is -3.09. The van der Waals surface area contributed by atoms with Crippen LogP contribution in [0, 0.1) is 5.92 Å². The number of carbonyl (C=O) groups is 1. The first kappa shape index (κ1) is 26.0. The van der Waals surface area contributed by atoms with Crippen molar-refractivity contribution in [3.8, 4) is 11.5 Å². The van der Waals surface area contributed by atoms with Gasteiger partial charge in [0.05, 0.1) is 15.0 Å². The SMILES string of the molecule is CC1CCCN(S(=O)(=O)c2ccc(C(=O)Nc3nnc(-c4cccc(S(=O)(=O)C(C)C)c4)o3)cc2)C1. The molecule has 1 saturated heterocycles. The Bertz CT molecular complexity index is 1460. The van der Waals surface area contributed by atoms with Crippen molar-refractivity contribution in [1.82, 2.24) is 14.5 Å². The number of benzene rings is 2. The van der Waals surface area contributed by atoms with Gasteiger partial charge in [0.15, 0.2) is 9.84 Å². The molecular weight excluding hydrogens is 504 g/mol. The molecule has 0 spiro atoms. The smallest absolute Gasteiger partial charge is 0.322 e. The summed E-state index contributed by atoms with van der Waals surface area (Å²) >= 11 is 0. The van der Waals surface area contributed by atoms with E-state index in [1.54, 1.807) is 26.0 Å². The molecule has 1 fully saturated rings. The Morgan fingerprint density at radius 3 is 2.44 bits per heavy atom. The second kappa shape index (κ2) is 10.1. The molecule has 1 aliphatic rings. The summed E-state index contributed by atoms with van der Waals surface area (Å²) in [7, 11) is -7.11. The van der Waals surface area contributed by atoms with Crippen molar-refractivity contribution in [2.45, 2.75) is 48.7 Å². The first-order chi connectivity index (χ1) is 17.0. The highest BCUT2D eigenvalue weighted by Gasteiger charge is 2.29. The maximum atomic E-state index is 12.9. The van der Waals surface area contributed by atoms with Crippen LogP contribution >= 0.6 is 0 Å². The molecule has 1 aromatic heterocycles. The Balaban J connectivity index is 1.47. The number of hydrogen-bond donors (Lipinski definition) is 1. The van der Waals surface area contributed by atoms with Crippen LogP contribution in [0.5, 0.6) is 0 Å². The number of aromatic nitrogens is 2. The highest BCUT2D eigenvalue weighted by atomic mass is 32.2. The predicted octanol–water partition coefficient (Wildman–Crippen LogP) is 3.59. The van der Waals surface area contributed by atoms with Crippen molar-refractivity contribution in [1.29, 1.82) is 0 Å². The summed E-state index contributed by atoms with van der Waals surface area (Å²) in [5.74, 6) is -0.208. The van der Waals surface area contributed by atoms with Gasteiger partial charge in [0.1, 0.15) is 0 Å². The fourth-order valence-electron chi connectivity index (χ4n) is 3.93. The van der Waals surface area contributed by atoms with Crippen LogP contribution in [0.15, 0.2) is 62.7 Å². The van der Waals surface area contributed by atoms with Crippen molar-refractivity contribution >= 4 is 31.8 Å². The summed E-state index contributed by atoms with van der Waals surface area (Å²) in [5.41, 5.74) is 0.608. The summed E-state index contributed by atoms with van der Waals surface area (Å²) in [6.07, 6.45) is 1.83. The van der Waals surface area contributed by atoms with Crippen molar-refractivity contribution in [3.63, 3.8) is 0 Å². The number of rotatable bonds is 7. The lowest BCUT2D eigenvalue weighted by Crippen LogP contribution is -2.39. The lowest BCUT2D eigenvalue weighted by molar-refractivity contribution is 0.102. The molecule has 2 aromatic carbocycles. The van der Waals surface area contributed by atoms with Crippen LogP contribution in [-0.2, 0) is 19.9 Å². The minimum Gasteiger partial charge on any atom is -0.403 e. The summed E-state index contributed by atoms with van der Waals surface area (Å²) in [4.78, 5) is 12.9. The second-order valence-electron chi connectivity index (χ2n) is 9.12. The van der Waals surface area contributed by atoms with E-state index in [1.807, 2.05) is 6.92 Å². The molecule has 1 atom stereocenters. The molecular formula is C24H28N4O6S2. The number of nitrogens with zero attached hydrogens (tertiary/aromatic N) is 3. The van der Waals surface area contributed by atoms with Crippen LogP contribution in [-0.4, -0.2) is 55.6 Å². The number of sulfone groups is 1. The predicted molar refractivity (Wildman–Crippen MR) is 134 cm³/mol. The van der Waals surface area contributed by atoms with Crippen LogP contribution in [0.1, 0.15) is 44.0 Å². The fourth-order valence-corrected chi connectivity index (χ4v) is 6.63. The molecule has 192 valence electrons. The van der Waals surface area contributed by atoms with E-state index >= 15 is 0 Å². The monoisotopic (exact) mass is 532 g/mol. The first-order valence-corrected chi connectivity index (χ1v) is 14.6. The van der Waals surface area contributed by atoms with E-state index in [0.29, 0.717) is 24.6 Å². The fraction of sp³-hybridized carbons (Fsp3) is 0.375. The van der Waals surface area contributed by atoms with E-state index in [2.05, 4.69) is 15.5 Å². The average molecular weight is 533 g/mol. The van der Waals surface area contributed by atoms with Crippen molar-refractivity contribution in [2.75, 3.05) is 18.4 Å². The number of carbonyl (C=O) groups excluding carboxylic acids is 1.